The van der Waals surface area contributed by atoms with Crippen LogP contribution in [0.3, 0.4) is 0 Å². The van der Waals surface area contributed by atoms with Gasteiger partial charge in [-0.1, -0.05) is 41.9 Å². The van der Waals surface area contributed by atoms with Gasteiger partial charge in [0.1, 0.15) is 5.58 Å². The molecule has 0 saturated heterocycles. The van der Waals surface area contributed by atoms with E-state index in [2.05, 4.69) is 4.72 Å². The molecule has 0 bridgehead atoms. The van der Waals surface area contributed by atoms with Crippen LogP contribution in [-0.4, -0.2) is 33.5 Å². The quantitative estimate of drug-likeness (QED) is 0.328. The Labute approximate surface area is 217 Å². The third-order valence-corrected chi connectivity index (χ3v) is 7.32. The lowest BCUT2D eigenvalue weighted by atomic mass is 9.99. The molecule has 1 amide bonds. The molecule has 0 atom stereocenters. The van der Waals surface area contributed by atoms with Gasteiger partial charge in [0.25, 0.3) is 10.0 Å². The molecule has 0 fully saturated rings. The van der Waals surface area contributed by atoms with E-state index < -0.39 is 27.6 Å². The van der Waals surface area contributed by atoms with Gasteiger partial charge in [0, 0.05) is 37.5 Å². The predicted octanol–water partition coefficient (Wildman–Crippen LogP) is 5.35. The van der Waals surface area contributed by atoms with Gasteiger partial charge in [0.05, 0.1) is 15.6 Å². The van der Waals surface area contributed by atoms with Crippen LogP contribution in [0.15, 0.2) is 74.8 Å². The summed E-state index contributed by atoms with van der Waals surface area (Å²) in [5.74, 6) is -0.794. The zero-order valence-corrected chi connectivity index (χ0v) is 21.6. The minimum Gasteiger partial charge on any atom is -0.422 e. The van der Waals surface area contributed by atoms with Crippen molar-refractivity contribution < 1.29 is 26.8 Å². The normalized spacial score (nSPS) is 11.4. The van der Waals surface area contributed by atoms with Crippen LogP contribution in [0.2, 0.25) is 5.02 Å². The van der Waals surface area contributed by atoms with Crippen LogP contribution in [0, 0.1) is 12.7 Å². The lowest BCUT2D eigenvalue weighted by molar-refractivity contribution is 0.172. The summed E-state index contributed by atoms with van der Waals surface area (Å²) in [7, 11) is -1.00. The molecule has 37 heavy (non-hydrogen) atoms. The number of rotatable bonds is 6. The highest BCUT2D eigenvalue weighted by atomic mass is 35.5. The van der Waals surface area contributed by atoms with Gasteiger partial charge in [0.15, 0.2) is 11.6 Å². The number of carbonyl (C=O) groups is 1. The molecule has 192 valence electrons. The molecule has 1 aromatic heterocycles. The number of nitrogens with zero attached hydrogens (tertiary/aromatic N) is 1. The fourth-order valence-electron chi connectivity index (χ4n) is 3.65. The van der Waals surface area contributed by atoms with Gasteiger partial charge >= 0.3 is 11.7 Å². The summed E-state index contributed by atoms with van der Waals surface area (Å²) in [6.45, 7) is 1.66. The maximum atomic E-state index is 15.4. The zero-order chi connectivity index (χ0) is 26.9. The fraction of sp³-hybridized carbons (Fsp3) is 0.154. The van der Waals surface area contributed by atoms with Crippen LogP contribution in [0.25, 0.3) is 11.0 Å². The number of hydrogen-bond donors (Lipinski definition) is 1. The number of nitrogens with one attached hydrogen (secondary N) is 1. The average molecular weight is 545 g/mol. The van der Waals surface area contributed by atoms with Gasteiger partial charge < -0.3 is 14.1 Å². The summed E-state index contributed by atoms with van der Waals surface area (Å²) in [5, 5.41) is 0.597. The lowest BCUT2D eigenvalue weighted by Crippen LogP contribution is -2.25. The second-order valence-corrected chi connectivity index (χ2v) is 10.5. The highest BCUT2D eigenvalue weighted by molar-refractivity contribution is 7.92. The van der Waals surface area contributed by atoms with E-state index in [0.29, 0.717) is 10.9 Å². The van der Waals surface area contributed by atoms with Crippen molar-refractivity contribution in [3.8, 4) is 5.75 Å². The van der Waals surface area contributed by atoms with E-state index in [1.165, 1.54) is 61.5 Å². The van der Waals surface area contributed by atoms with Gasteiger partial charge in [-0.3, -0.25) is 4.72 Å². The molecule has 1 heterocycles. The minimum atomic E-state index is -4.02. The molecule has 3 aromatic carbocycles. The predicted molar refractivity (Wildman–Crippen MR) is 138 cm³/mol. The molecule has 11 heteroatoms. The summed E-state index contributed by atoms with van der Waals surface area (Å²) in [6, 6.07) is 14.7. The first-order chi connectivity index (χ1) is 17.5. The van der Waals surface area contributed by atoms with Gasteiger partial charge in [-0.05, 0) is 42.3 Å². The third-order valence-electron chi connectivity index (χ3n) is 5.65. The molecule has 0 radical (unpaired) electrons. The number of sulfonamides is 1. The van der Waals surface area contributed by atoms with E-state index in [0.717, 1.165) is 0 Å². The first-order valence-corrected chi connectivity index (χ1v) is 12.8. The number of halogens is 2. The van der Waals surface area contributed by atoms with E-state index in [1.807, 2.05) is 0 Å². The Morgan fingerprint density at radius 1 is 1.11 bits per heavy atom. The number of fused-ring (bicyclic) bond motifs is 1. The molecular formula is C26H22ClFN2O6S. The number of amides is 1. The Morgan fingerprint density at radius 3 is 2.49 bits per heavy atom. The second-order valence-electron chi connectivity index (χ2n) is 8.41. The zero-order valence-electron chi connectivity index (χ0n) is 20.0. The summed E-state index contributed by atoms with van der Waals surface area (Å²) in [6.07, 6.45) is -0.818. The van der Waals surface area contributed by atoms with E-state index in [4.69, 9.17) is 20.8 Å². The van der Waals surface area contributed by atoms with Crippen LogP contribution in [-0.2, 0) is 16.4 Å². The highest BCUT2D eigenvalue weighted by Crippen LogP contribution is 2.33. The van der Waals surface area contributed by atoms with E-state index in [1.54, 1.807) is 25.1 Å². The first-order valence-electron chi connectivity index (χ1n) is 11.0. The molecular weight excluding hydrogens is 523 g/mol. The molecule has 0 saturated carbocycles. The van der Waals surface area contributed by atoms with Crippen molar-refractivity contribution in [2.75, 3.05) is 18.8 Å². The van der Waals surface area contributed by atoms with Gasteiger partial charge in [-0.15, -0.1) is 0 Å². The Bertz CT molecular complexity index is 1670. The topological polar surface area (TPSA) is 106 Å². The SMILES string of the molecule is Cc1c(Cc2cccc(NS(=O)(=O)c3ccccc3)c2F)c(=O)oc2cc(OC(=O)N(C)C)c(Cl)cc12. The summed E-state index contributed by atoms with van der Waals surface area (Å²) in [4.78, 5) is 25.9. The van der Waals surface area contributed by atoms with Crippen molar-refractivity contribution in [3.63, 3.8) is 0 Å². The van der Waals surface area contributed by atoms with Crippen molar-refractivity contribution >= 4 is 44.4 Å². The van der Waals surface area contributed by atoms with Crippen molar-refractivity contribution in [3.05, 3.63) is 98.6 Å². The second kappa shape index (κ2) is 10.2. The van der Waals surface area contributed by atoms with Crippen molar-refractivity contribution in [1.29, 1.82) is 0 Å². The number of hydrogen-bond acceptors (Lipinski definition) is 6. The van der Waals surface area contributed by atoms with Crippen LogP contribution < -0.4 is 15.1 Å². The maximum absolute atomic E-state index is 15.4. The van der Waals surface area contributed by atoms with Crippen LogP contribution in [0.1, 0.15) is 16.7 Å². The van der Waals surface area contributed by atoms with Crippen molar-refractivity contribution in [1.82, 2.24) is 4.90 Å². The minimum absolute atomic E-state index is 0.0154. The monoisotopic (exact) mass is 544 g/mol. The standard InChI is InChI=1S/C26H22ClFN2O6S/c1-15-18-13-20(27)23(36-26(32)30(2)3)14-22(18)35-25(31)19(15)12-16-8-7-11-21(24(16)28)29-37(33,34)17-9-5-4-6-10-17/h4-11,13-14,29H,12H2,1-3H3. The van der Waals surface area contributed by atoms with Crippen LogP contribution in [0.4, 0.5) is 14.9 Å². The number of benzene rings is 3. The van der Waals surface area contributed by atoms with Gasteiger partial charge in [-0.2, -0.15) is 0 Å². The summed E-state index contributed by atoms with van der Waals surface area (Å²) >= 11 is 6.29. The number of ether oxygens (including phenoxy) is 1. The highest BCUT2D eigenvalue weighted by Gasteiger charge is 2.21. The number of aryl methyl sites for hydroxylation is 1. The Balaban J connectivity index is 1.69. The maximum Gasteiger partial charge on any atom is 0.414 e. The molecule has 0 unspecified atom stereocenters. The Kier molecular flexibility index (Phi) is 7.24. The molecule has 0 spiro atoms. The molecule has 4 rings (SSSR count). The summed E-state index contributed by atoms with van der Waals surface area (Å²) in [5.41, 5.74) is -0.0731. The largest absolute Gasteiger partial charge is 0.422 e. The molecule has 0 aliphatic rings. The molecule has 0 aliphatic heterocycles. The van der Waals surface area contributed by atoms with E-state index >= 15 is 4.39 Å². The number of anilines is 1. The molecule has 8 nitrogen and oxygen atoms in total. The Morgan fingerprint density at radius 2 is 1.81 bits per heavy atom. The van der Waals surface area contributed by atoms with Gasteiger partial charge in [0.2, 0.25) is 0 Å². The first kappa shape index (κ1) is 26.2. The average Bonchev–Trinajstić information content (AvgIpc) is 2.85. The van der Waals surface area contributed by atoms with Gasteiger partial charge in [-0.25, -0.2) is 22.4 Å². The van der Waals surface area contributed by atoms with Crippen LogP contribution >= 0.6 is 11.6 Å². The molecule has 4 aromatic rings. The van der Waals surface area contributed by atoms with Crippen molar-refractivity contribution in [2.24, 2.45) is 0 Å². The lowest BCUT2D eigenvalue weighted by Gasteiger charge is -2.14. The Hall–Kier alpha value is -3.89. The van der Waals surface area contributed by atoms with E-state index in [9.17, 15) is 18.0 Å². The smallest absolute Gasteiger partial charge is 0.414 e. The number of carbonyl (C=O) groups excluding carboxylic acids is 1. The third kappa shape index (κ3) is 5.45. The molecule has 1 N–H and O–H groups in total. The fourth-order valence-corrected chi connectivity index (χ4v) is 4.93. The van der Waals surface area contributed by atoms with E-state index in [-0.39, 0.29) is 44.5 Å². The molecule has 0 aliphatic carbocycles. The summed E-state index contributed by atoms with van der Waals surface area (Å²) < 4.78 is 53.6. The van der Waals surface area contributed by atoms with Crippen molar-refractivity contribution in [2.45, 2.75) is 18.2 Å². The van der Waals surface area contributed by atoms with Crippen LogP contribution in [0.5, 0.6) is 5.75 Å².